The second kappa shape index (κ2) is 7.36. The zero-order valence-corrected chi connectivity index (χ0v) is 14.7. The average Bonchev–Trinajstić information content (AvgIpc) is 3.27. The van der Waals surface area contributed by atoms with Crippen molar-refractivity contribution in [1.82, 2.24) is 5.32 Å². The van der Waals surface area contributed by atoms with Crippen LogP contribution in [0.5, 0.6) is 0 Å². The molecule has 0 aliphatic rings. The van der Waals surface area contributed by atoms with Crippen LogP contribution >= 0.6 is 11.3 Å². The maximum atomic E-state index is 12.4. The normalized spacial score (nSPS) is 11.8. The lowest BCUT2D eigenvalue weighted by Crippen LogP contribution is -2.25. The van der Waals surface area contributed by atoms with Crippen molar-refractivity contribution in [2.75, 3.05) is 5.32 Å². The van der Waals surface area contributed by atoms with Gasteiger partial charge < -0.3 is 15.1 Å². The molecule has 25 heavy (non-hydrogen) atoms. The number of rotatable bonds is 5. The van der Waals surface area contributed by atoms with Crippen LogP contribution in [-0.2, 0) is 0 Å². The largest absolute Gasteiger partial charge is 0.459 e. The molecule has 3 rings (SSSR count). The van der Waals surface area contributed by atoms with Crippen molar-refractivity contribution >= 4 is 28.2 Å². The fraction of sp³-hybridized carbons (Fsp3) is 0.158. The fourth-order valence-electron chi connectivity index (χ4n) is 2.31. The van der Waals surface area contributed by atoms with Crippen LogP contribution in [0.1, 0.15) is 44.3 Å². The van der Waals surface area contributed by atoms with E-state index in [4.69, 9.17) is 4.42 Å². The molecule has 5 nitrogen and oxygen atoms in total. The third-order valence-electron chi connectivity index (χ3n) is 3.74. The number of furan rings is 1. The Morgan fingerprint density at radius 3 is 2.48 bits per heavy atom. The Bertz CT molecular complexity index is 866. The maximum Gasteiger partial charge on any atom is 0.291 e. The molecule has 2 amide bonds. The van der Waals surface area contributed by atoms with Crippen molar-refractivity contribution in [3.63, 3.8) is 0 Å². The Hall–Kier alpha value is -2.86. The Balaban J connectivity index is 1.62. The summed E-state index contributed by atoms with van der Waals surface area (Å²) in [6.45, 7) is 3.97. The molecule has 128 valence electrons. The summed E-state index contributed by atoms with van der Waals surface area (Å²) >= 11 is 1.22. The quantitative estimate of drug-likeness (QED) is 0.714. The van der Waals surface area contributed by atoms with Gasteiger partial charge in [0.25, 0.3) is 11.8 Å². The molecule has 0 aliphatic heterocycles. The van der Waals surface area contributed by atoms with Crippen LogP contribution in [0, 0.1) is 6.92 Å². The van der Waals surface area contributed by atoms with Crippen molar-refractivity contribution < 1.29 is 14.0 Å². The maximum absolute atomic E-state index is 12.4. The summed E-state index contributed by atoms with van der Waals surface area (Å²) < 4.78 is 5.05. The lowest BCUT2D eigenvalue weighted by atomic mass is 10.1. The molecule has 3 aromatic rings. The smallest absolute Gasteiger partial charge is 0.291 e. The number of hydrogen-bond donors (Lipinski definition) is 2. The standard InChI is InChI=1S/C19H18N2O3S/c1-12-5-7-14(8-6-12)13(2)20-19(23)16-9-10-17(25-16)21-18(22)15-4-3-11-24-15/h3-11,13H,1-2H3,(H,20,23)(H,21,22). The van der Waals surface area contributed by atoms with E-state index in [1.807, 2.05) is 38.1 Å². The van der Waals surface area contributed by atoms with Gasteiger partial charge in [0, 0.05) is 0 Å². The minimum Gasteiger partial charge on any atom is -0.459 e. The Kier molecular flexibility index (Phi) is 5.00. The van der Waals surface area contributed by atoms with E-state index >= 15 is 0 Å². The molecule has 2 N–H and O–H groups in total. The molecule has 1 unspecified atom stereocenters. The highest BCUT2D eigenvalue weighted by atomic mass is 32.1. The van der Waals surface area contributed by atoms with Gasteiger partial charge in [-0.15, -0.1) is 11.3 Å². The van der Waals surface area contributed by atoms with Gasteiger partial charge in [0.2, 0.25) is 0 Å². The summed E-state index contributed by atoms with van der Waals surface area (Å²) in [7, 11) is 0. The first-order chi connectivity index (χ1) is 12.0. The molecule has 0 saturated carbocycles. The van der Waals surface area contributed by atoms with Gasteiger partial charge in [-0.05, 0) is 43.7 Å². The lowest BCUT2D eigenvalue weighted by Gasteiger charge is -2.13. The first kappa shape index (κ1) is 17.0. The van der Waals surface area contributed by atoms with Gasteiger partial charge in [-0.3, -0.25) is 9.59 Å². The predicted molar refractivity (Wildman–Crippen MR) is 98.0 cm³/mol. The molecule has 1 atom stereocenters. The van der Waals surface area contributed by atoms with Crippen LogP contribution in [0.3, 0.4) is 0 Å². The van der Waals surface area contributed by atoms with Crippen LogP contribution in [0.25, 0.3) is 0 Å². The summed E-state index contributed by atoms with van der Waals surface area (Å²) in [5.41, 5.74) is 2.22. The van der Waals surface area contributed by atoms with Gasteiger partial charge in [0.1, 0.15) is 0 Å². The van der Waals surface area contributed by atoms with Crippen LogP contribution in [-0.4, -0.2) is 11.8 Å². The third-order valence-corrected chi connectivity index (χ3v) is 4.74. The number of nitrogens with one attached hydrogen (secondary N) is 2. The van der Waals surface area contributed by atoms with Gasteiger partial charge >= 0.3 is 0 Å². The number of carbonyl (C=O) groups excluding carboxylic acids is 2. The minimum atomic E-state index is -0.341. The van der Waals surface area contributed by atoms with E-state index < -0.39 is 0 Å². The summed E-state index contributed by atoms with van der Waals surface area (Å²) in [5.74, 6) is -0.282. The van der Waals surface area contributed by atoms with Crippen molar-refractivity contribution in [1.29, 1.82) is 0 Å². The van der Waals surface area contributed by atoms with Crippen LogP contribution < -0.4 is 10.6 Å². The second-order valence-corrected chi connectivity index (χ2v) is 6.78. The number of amides is 2. The summed E-state index contributed by atoms with van der Waals surface area (Å²) in [4.78, 5) is 24.9. The molecular weight excluding hydrogens is 336 g/mol. The zero-order valence-electron chi connectivity index (χ0n) is 13.9. The molecule has 0 aliphatic carbocycles. The SMILES string of the molecule is Cc1ccc(C(C)NC(=O)c2ccc(NC(=O)c3ccco3)s2)cc1. The topological polar surface area (TPSA) is 71.3 Å². The molecule has 0 saturated heterocycles. The van der Waals surface area contributed by atoms with E-state index in [2.05, 4.69) is 10.6 Å². The lowest BCUT2D eigenvalue weighted by molar-refractivity contribution is 0.0942. The Morgan fingerprint density at radius 1 is 1.04 bits per heavy atom. The zero-order chi connectivity index (χ0) is 17.8. The Labute approximate surface area is 149 Å². The molecule has 0 bridgehead atoms. The molecule has 0 radical (unpaired) electrons. The minimum absolute atomic E-state index is 0.101. The van der Waals surface area contributed by atoms with Crippen molar-refractivity contribution in [2.45, 2.75) is 19.9 Å². The Morgan fingerprint density at radius 2 is 1.80 bits per heavy atom. The summed E-state index contributed by atoms with van der Waals surface area (Å²) in [5, 5.41) is 6.28. The van der Waals surface area contributed by atoms with Crippen molar-refractivity contribution in [3.05, 3.63) is 76.6 Å². The molecule has 0 fully saturated rings. The highest BCUT2D eigenvalue weighted by molar-refractivity contribution is 7.18. The third kappa shape index (κ3) is 4.16. The molecule has 6 heteroatoms. The number of anilines is 1. The molecule has 2 heterocycles. The van der Waals surface area contributed by atoms with Gasteiger partial charge in [0.05, 0.1) is 22.2 Å². The molecular formula is C19H18N2O3S. The van der Waals surface area contributed by atoms with Gasteiger partial charge in [-0.2, -0.15) is 0 Å². The van der Waals surface area contributed by atoms with Gasteiger partial charge in [-0.1, -0.05) is 29.8 Å². The summed E-state index contributed by atoms with van der Waals surface area (Å²) in [6.07, 6.45) is 1.44. The van der Waals surface area contributed by atoms with Crippen LogP contribution in [0.15, 0.2) is 59.2 Å². The van der Waals surface area contributed by atoms with Crippen LogP contribution in [0.2, 0.25) is 0 Å². The van der Waals surface area contributed by atoms with E-state index in [9.17, 15) is 9.59 Å². The number of benzene rings is 1. The predicted octanol–water partition coefficient (Wildman–Crippen LogP) is 4.39. The van der Waals surface area contributed by atoms with Gasteiger partial charge in [0.15, 0.2) is 5.76 Å². The van der Waals surface area contributed by atoms with Crippen molar-refractivity contribution in [3.8, 4) is 0 Å². The second-order valence-electron chi connectivity index (χ2n) is 5.70. The fourth-order valence-corrected chi connectivity index (χ4v) is 3.12. The highest BCUT2D eigenvalue weighted by Crippen LogP contribution is 2.23. The molecule has 0 spiro atoms. The number of carbonyl (C=O) groups is 2. The van der Waals surface area contributed by atoms with Crippen LogP contribution in [0.4, 0.5) is 5.00 Å². The average molecular weight is 354 g/mol. The number of hydrogen-bond acceptors (Lipinski definition) is 4. The highest BCUT2D eigenvalue weighted by Gasteiger charge is 2.15. The van der Waals surface area contributed by atoms with E-state index in [0.717, 1.165) is 5.56 Å². The number of aryl methyl sites for hydroxylation is 1. The first-order valence-electron chi connectivity index (χ1n) is 7.85. The first-order valence-corrected chi connectivity index (χ1v) is 8.66. The molecule has 2 aromatic heterocycles. The summed E-state index contributed by atoms with van der Waals surface area (Å²) in [6, 6.07) is 14.6. The van der Waals surface area contributed by atoms with Crippen molar-refractivity contribution in [2.24, 2.45) is 0 Å². The van der Waals surface area contributed by atoms with E-state index in [1.54, 1.807) is 24.3 Å². The van der Waals surface area contributed by atoms with E-state index in [1.165, 1.54) is 23.2 Å². The monoisotopic (exact) mass is 354 g/mol. The van der Waals surface area contributed by atoms with E-state index in [0.29, 0.717) is 9.88 Å². The van der Waals surface area contributed by atoms with Gasteiger partial charge in [-0.25, -0.2) is 0 Å². The number of thiophene rings is 1. The van der Waals surface area contributed by atoms with E-state index in [-0.39, 0.29) is 23.6 Å². The molecule has 1 aromatic carbocycles.